The summed E-state index contributed by atoms with van der Waals surface area (Å²) in [7, 11) is 1.55. The van der Waals surface area contributed by atoms with E-state index < -0.39 is 0 Å². The lowest BCUT2D eigenvalue weighted by molar-refractivity contribution is -0.137. The van der Waals surface area contributed by atoms with Crippen LogP contribution in [-0.4, -0.2) is 43.1 Å². The molecule has 158 valence electrons. The number of benzene rings is 2. The van der Waals surface area contributed by atoms with Crippen LogP contribution in [0.25, 0.3) is 5.57 Å². The quantitative estimate of drug-likeness (QED) is 0.671. The van der Waals surface area contributed by atoms with Crippen LogP contribution in [0.5, 0.6) is 5.75 Å². The molecule has 2 amide bonds. The van der Waals surface area contributed by atoms with Gasteiger partial charge in [0.1, 0.15) is 11.4 Å². The van der Waals surface area contributed by atoms with Crippen molar-refractivity contribution in [3.05, 3.63) is 64.9 Å². The molecule has 6 heteroatoms. The Bertz CT molecular complexity index is 974. The number of hydrogen-bond acceptors (Lipinski definition) is 5. The minimum atomic E-state index is -0.368. The first-order valence-electron chi connectivity index (χ1n) is 10.0. The van der Waals surface area contributed by atoms with Gasteiger partial charge in [0.15, 0.2) is 0 Å². The molecule has 2 aromatic rings. The van der Waals surface area contributed by atoms with Gasteiger partial charge in [-0.1, -0.05) is 24.3 Å². The lowest BCUT2D eigenvalue weighted by atomic mass is 10.0. The Morgan fingerprint density at radius 3 is 2.30 bits per heavy atom. The smallest absolute Gasteiger partial charge is 0.278 e. The number of nitrogens with one attached hydrogen (secondary N) is 1. The zero-order valence-corrected chi connectivity index (χ0v) is 18.1. The highest BCUT2D eigenvalue weighted by Crippen LogP contribution is 2.35. The van der Waals surface area contributed by atoms with Crippen LogP contribution in [0.15, 0.2) is 48.2 Å². The number of anilines is 1. The third-order valence-corrected chi connectivity index (χ3v) is 4.80. The maximum absolute atomic E-state index is 13.3. The Hall–Kier alpha value is -3.12. The van der Waals surface area contributed by atoms with Gasteiger partial charge in [0.25, 0.3) is 11.8 Å². The van der Waals surface area contributed by atoms with Crippen molar-refractivity contribution in [3.8, 4) is 5.75 Å². The summed E-state index contributed by atoms with van der Waals surface area (Å²) in [5.41, 5.74) is 4.03. The van der Waals surface area contributed by atoms with Gasteiger partial charge in [-0.05, 0) is 57.0 Å². The van der Waals surface area contributed by atoms with Crippen molar-refractivity contribution in [1.82, 2.24) is 4.90 Å². The molecule has 0 fully saturated rings. The number of hydrogen-bond donors (Lipinski definition) is 1. The topological polar surface area (TPSA) is 67.9 Å². The van der Waals surface area contributed by atoms with Crippen LogP contribution >= 0.6 is 0 Å². The summed E-state index contributed by atoms with van der Waals surface area (Å²) in [6.07, 6.45) is 0.0207. The van der Waals surface area contributed by atoms with E-state index in [2.05, 4.69) is 11.4 Å². The summed E-state index contributed by atoms with van der Waals surface area (Å²) >= 11 is 0. The van der Waals surface area contributed by atoms with Gasteiger partial charge in [0.2, 0.25) is 0 Å². The lowest BCUT2D eigenvalue weighted by Crippen LogP contribution is -2.35. The largest absolute Gasteiger partial charge is 0.496 e. The van der Waals surface area contributed by atoms with E-state index in [1.807, 2.05) is 52.0 Å². The van der Waals surface area contributed by atoms with Crippen LogP contribution < -0.4 is 10.1 Å². The lowest BCUT2D eigenvalue weighted by Gasteiger charge is -2.16. The number of nitrogens with zero attached hydrogens (tertiary/aromatic N) is 1. The number of methoxy groups -OCH3 is 1. The summed E-state index contributed by atoms with van der Waals surface area (Å²) in [6.45, 7) is 8.28. The van der Waals surface area contributed by atoms with Crippen LogP contribution in [0.2, 0.25) is 0 Å². The molecule has 0 unspecified atom stereocenters. The number of ether oxygens (including phenoxy) is 2. The van der Waals surface area contributed by atoms with E-state index in [1.54, 1.807) is 19.2 Å². The molecular formula is C24H28N2O4. The van der Waals surface area contributed by atoms with Crippen molar-refractivity contribution in [1.29, 1.82) is 0 Å². The van der Waals surface area contributed by atoms with E-state index in [-0.39, 0.29) is 36.8 Å². The number of imide groups is 1. The third kappa shape index (κ3) is 4.54. The Morgan fingerprint density at radius 1 is 1.00 bits per heavy atom. The molecule has 1 heterocycles. The first-order valence-corrected chi connectivity index (χ1v) is 10.0. The molecule has 0 atom stereocenters. The van der Waals surface area contributed by atoms with Crippen molar-refractivity contribution >= 4 is 23.1 Å². The Balaban J connectivity index is 2.04. The van der Waals surface area contributed by atoms with Crippen LogP contribution in [0.1, 0.15) is 30.5 Å². The zero-order chi connectivity index (χ0) is 21.8. The average Bonchev–Trinajstić information content (AvgIpc) is 2.91. The van der Waals surface area contributed by atoms with Crippen molar-refractivity contribution in [2.45, 2.75) is 33.8 Å². The Morgan fingerprint density at radius 2 is 1.67 bits per heavy atom. The second kappa shape index (κ2) is 9.13. The van der Waals surface area contributed by atoms with E-state index in [0.29, 0.717) is 16.9 Å². The molecule has 0 saturated heterocycles. The maximum atomic E-state index is 13.3. The minimum Gasteiger partial charge on any atom is -0.496 e. The molecule has 2 aromatic carbocycles. The average molecular weight is 408 g/mol. The predicted molar refractivity (Wildman–Crippen MR) is 117 cm³/mol. The van der Waals surface area contributed by atoms with Crippen molar-refractivity contribution in [2.75, 3.05) is 25.6 Å². The normalized spacial score (nSPS) is 14.1. The Kier molecular flexibility index (Phi) is 6.57. The van der Waals surface area contributed by atoms with Gasteiger partial charge in [-0.15, -0.1) is 0 Å². The van der Waals surface area contributed by atoms with E-state index >= 15 is 0 Å². The van der Waals surface area contributed by atoms with Crippen LogP contribution in [0.3, 0.4) is 0 Å². The second-order valence-corrected chi connectivity index (χ2v) is 7.63. The maximum Gasteiger partial charge on any atom is 0.278 e. The van der Waals surface area contributed by atoms with Crippen LogP contribution in [0, 0.1) is 13.8 Å². The van der Waals surface area contributed by atoms with Gasteiger partial charge in [-0.25, -0.2) is 0 Å². The van der Waals surface area contributed by atoms with Crippen molar-refractivity contribution in [2.24, 2.45) is 0 Å². The first kappa shape index (κ1) is 21.6. The number of amides is 2. The number of aryl methyl sites for hydroxylation is 2. The molecule has 0 aliphatic carbocycles. The molecular weight excluding hydrogens is 380 g/mol. The van der Waals surface area contributed by atoms with Gasteiger partial charge in [0.05, 0.1) is 31.9 Å². The van der Waals surface area contributed by atoms with Gasteiger partial charge >= 0.3 is 0 Å². The van der Waals surface area contributed by atoms with E-state index in [4.69, 9.17) is 9.47 Å². The summed E-state index contributed by atoms with van der Waals surface area (Å²) < 4.78 is 11.0. The Labute approximate surface area is 177 Å². The summed E-state index contributed by atoms with van der Waals surface area (Å²) in [5, 5.41) is 3.20. The number of carbonyl (C=O) groups is 2. The van der Waals surface area contributed by atoms with Crippen LogP contribution in [-0.2, 0) is 14.3 Å². The van der Waals surface area contributed by atoms with Crippen molar-refractivity contribution in [3.63, 3.8) is 0 Å². The molecule has 0 aromatic heterocycles. The molecule has 1 aliphatic rings. The third-order valence-electron chi connectivity index (χ3n) is 4.80. The fraction of sp³-hybridized carbons (Fsp3) is 0.333. The molecule has 0 bridgehead atoms. The van der Waals surface area contributed by atoms with Gasteiger partial charge < -0.3 is 14.8 Å². The summed E-state index contributed by atoms with van der Waals surface area (Å²) in [6, 6.07) is 13.2. The fourth-order valence-corrected chi connectivity index (χ4v) is 3.57. The van der Waals surface area contributed by atoms with E-state index in [1.165, 1.54) is 4.90 Å². The fourth-order valence-electron chi connectivity index (χ4n) is 3.57. The summed E-state index contributed by atoms with van der Waals surface area (Å²) in [4.78, 5) is 27.8. The molecule has 0 radical (unpaired) electrons. The predicted octanol–water partition coefficient (Wildman–Crippen LogP) is 3.93. The molecule has 0 spiro atoms. The van der Waals surface area contributed by atoms with Gasteiger partial charge in [0, 0.05) is 11.3 Å². The highest BCUT2D eigenvalue weighted by molar-refractivity contribution is 6.37. The molecule has 1 aliphatic heterocycles. The first-order chi connectivity index (χ1) is 14.3. The highest BCUT2D eigenvalue weighted by atomic mass is 16.5. The minimum absolute atomic E-state index is 0.0207. The molecule has 30 heavy (non-hydrogen) atoms. The molecule has 3 rings (SSSR count). The second-order valence-electron chi connectivity index (χ2n) is 7.63. The monoisotopic (exact) mass is 408 g/mol. The van der Waals surface area contributed by atoms with Crippen LogP contribution in [0.4, 0.5) is 5.69 Å². The zero-order valence-electron chi connectivity index (χ0n) is 18.1. The molecule has 6 nitrogen and oxygen atoms in total. The summed E-state index contributed by atoms with van der Waals surface area (Å²) in [5.74, 6) is -0.190. The van der Waals surface area contributed by atoms with E-state index in [0.717, 1.165) is 16.8 Å². The van der Waals surface area contributed by atoms with E-state index in [9.17, 15) is 9.59 Å². The van der Waals surface area contributed by atoms with Gasteiger partial charge in [-0.3, -0.25) is 14.5 Å². The molecule has 0 saturated carbocycles. The number of para-hydroxylation sites is 1. The van der Waals surface area contributed by atoms with Crippen molar-refractivity contribution < 1.29 is 19.1 Å². The highest BCUT2D eigenvalue weighted by Gasteiger charge is 2.40. The van der Waals surface area contributed by atoms with Gasteiger partial charge in [-0.2, -0.15) is 0 Å². The number of rotatable bonds is 8. The standard InChI is InChI=1S/C24H28N2O4/c1-15(2)30-11-10-26-23(27)21(19-8-6-7-9-20(19)29-5)22(24(26)28)25-18-13-16(3)12-17(4)14-18/h6-9,12-15,25H,10-11H2,1-5H3. The number of carbonyl (C=O) groups excluding carboxylic acids is 2. The SMILES string of the molecule is COc1ccccc1C1=C(Nc2cc(C)cc(C)c2)C(=O)N(CCOC(C)C)C1=O. The molecule has 1 N–H and O–H groups in total.